The zero-order valence-electron chi connectivity index (χ0n) is 10.9. The van der Waals surface area contributed by atoms with Crippen molar-refractivity contribution in [3.63, 3.8) is 0 Å². The smallest absolute Gasteiger partial charge is 0.215 e. The number of hydrogen-bond acceptors (Lipinski definition) is 4. The zero-order chi connectivity index (χ0) is 13.6. The van der Waals surface area contributed by atoms with Crippen molar-refractivity contribution in [1.29, 1.82) is 0 Å². The molecule has 0 aliphatic carbocycles. The summed E-state index contributed by atoms with van der Waals surface area (Å²) in [4.78, 5) is 0. The molecule has 6 heteroatoms. The Morgan fingerprint density at radius 1 is 1.28 bits per heavy atom. The van der Waals surface area contributed by atoms with Gasteiger partial charge >= 0.3 is 0 Å². The Morgan fingerprint density at radius 2 is 1.89 bits per heavy atom. The van der Waals surface area contributed by atoms with Crippen molar-refractivity contribution in [2.24, 2.45) is 0 Å². The SMILES string of the molecule is CNCC(C)S(=O)(=O)NCc1ccc(OC)cc1. The third kappa shape index (κ3) is 4.29. The van der Waals surface area contributed by atoms with Crippen molar-refractivity contribution < 1.29 is 13.2 Å². The monoisotopic (exact) mass is 272 g/mol. The number of nitrogens with one attached hydrogen (secondary N) is 2. The topological polar surface area (TPSA) is 67.4 Å². The number of hydrogen-bond donors (Lipinski definition) is 2. The molecule has 0 saturated heterocycles. The van der Waals surface area contributed by atoms with Gasteiger partial charge in [-0.3, -0.25) is 0 Å². The van der Waals surface area contributed by atoms with Gasteiger partial charge in [0, 0.05) is 13.1 Å². The van der Waals surface area contributed by atoms with Crippen molar-refractivity contribution in [2.75, 3.05) is 20.7 Å². The van der Waals surface area contributed by atoms with Gasteiger partial charge in [0.1, 0.15) is 5.75 Å². The second-order valence-electron chi connectivity index (χ2n) is 4.08. The number of sulfonamides is 1. The Kier molecular flexibility index (Phi) is 5.58. The molecule has 0 aliphatic heterocycles. The molecule has 1 aromatic carbocycles. The van der Waals surface area contributed by atoms with E-state index >= 15 is 0 Å². The van der Waals surface area contributed by atoms with Gasteiger partial charge in [0.15, 0.2) is 0 Å². The Morgan fingerprint density at radius 3 is 2.39 bits per heavy atom. The molecule has 0 aromatic heterocycles. The Hall–Kier alpha value is -1.11. The van der Waals surface area contributed by atoms with Crippen LogP contribution in [0.25, 0.3) is 0 Å². The van der Waals surface area contributed by atoms with E-state index in [1.165, 1.54) is 0 Å². The van der Waals surface area contributed by atoms with Gasteiger partial charge in [0.2, 0.25) is 10.0 Å². The van der Waals surface area contributed by atoms with E-state index in [-0.39, 0.29) is 0 Å². The minimum atomic E-state index is -3.28. The van der Waals surface area contributed by atoms with Crippen LogP contribution in [0.3, 0.4) is 0 Å². The van der Waals surface area contributed by atoms with Gasteiger partial charge in [-0.1, -0.05) is 12.1 Å². The fraction of sp³-hybridized carbons (Fsp3) is 0.500. The van der Waals surface area contributed by atoms with Crippen LogP contribution >= 0.6 is 0 Å². The van der Waals surface area contributed by atoms with Gasteiger partial charge < -0.3 is 10.1 Å². The van der Waals surface area contributed by atoms with Crippen LogP contribution < -0.4 is 14.8 Å². The average molecular weight is 272 g/mol. The molecule has 18 heavy (non-hydrogen) atoms. The van der Waals surface area contributed by atoms with Crippen molar-refractivity contribution in [2.45, 2.75) is 18.7 Å². The molecule has 1 unspecified atom stereocenters. The predicted octanol–water partition coefficient (Wildman–Crippen LogP) is 0.723. The molecular formula is C12H20N2O3S. The van der Waals surface area contributed by atoms with Crippen molar-refractivity contribution >= 4 is 10.0 Å². The molecule has 1 aromatic rings. The van der Waals surface area contributed by atoms with Crippen molar-refractivity contribution in [1.82, 2.24) is 10.0 Å². The van der Waals surface area contributed by atoms with E-state index in [0.717, 1.165) is 11.3 Å². The molecule has 0 heterocycles. The summed E-state index contributed by atoms with van der Waals surface area (Å²) in [5.41, 5.74) is 0.899. The predicted molar refractivity (Wildman–Crippen MR) is 72.1 cm³/mol. The molecule has 0 aliphatic rings. The molecule has 0 saturated carbocycles. The molecule has 0 amide bonds. The van der Waals surface area contributed by atoms with Crippen LogP contribution in [0, 0.1) is 0 Å². The van der Waals surface area contributed by atoms with E-state index in [0.29, 0.717) is 13.1 Å². The first-order valence-electron chi connectivity index (χ1n) is 5.75. The largest absolute Gasteiger partial charge is 0.497 e. The Labute approximate surface area is 109 Å². The number of rotatable bonds is 7. The lowest BCUT2D eigenvalue weighted by molar-refractivity contribution is 0.414. The maximum Gasteiger partial charge on any atom is 0.215 e. The summed E-state index contributed by atoms with van der Waals surface area (Å²) >= 11 is 0. The second-order valence-corrected chi connectivity index (χ2v) is 6.27. The first-order valence-corrected chi connectivity index (χ1v) is 7.30. The summed E-state index contributed by atoms with van der Waals surface area (Å²) in [6.07, 6.45) is 0. The van der Waals surface area contributed by atoms with Crippen LogP contribution in [0.4, 0.5) is 0 Å². The van der Waals surface area contributed by atoms with Crippen LogP contribution in [-0.4, -0.2) is 34.4 Å². The van der Waals surface area contributed by atoms with Crippen molar-refractivity contribution in [3.8, 4) is 5.75 Å². The number of ether oxygens (including phenoxy) is 1. The van der Waals surface area contributed by atoms with Crippen LogP contribution in [0.2, 0.25) is 0 Å². The molecule has 1 rings (SSSR count). The highest BCUT2D eigenvalue weighted by Gasteiger charge is 2.18. The highest BCUT2D eigenvalue weighted by molar-refractivity contribution is 7.90. The number of methoxy groups -OCH3 is 1. The molecule has 0 fully saturated rings. The summed E-state index contributed by atoms with van der Waals surface area (Å²) in [5.74, 6) is 0.755. The van der Waals surface area contributed by atoms with E-state index in [9.17, 15) is 8.42 Å². The molecule has 0 radical (unpaired) electrons. The molecule has 5 nitrogen and oxygen atoms in total. The van der Waals surface area contributed by atoms with E-state index in [2.05, 4.69) is 10.0 Å². The standard InChI is InChI=1S/C12H20N2O3S/c1-10(8-13-2)18(15,16)14-9-11-4-6-12(17-3)7-5-11/h4-7,10,13-14H,8-9H2,1-3H3. The van der Waals surface area contributed by atoms with Crippen LogP contribution in [0.5, 0.6) is 5.75 Å². The fourth-order valence-corrected chi connectivity index (χ4v) is 2.51. The minimum Gasteiger partial charge on any atom is -0.497 e. The van der Waals surface area contributed by atoms with Gasteiger partial charge in [-0.05, 0) is 31.7 Å². The normalized spacial score (nSPS) is 13.3. The maximum atomic E-state index is 11.8. The Bertz CT molecular complexity index is 457. The summed E-state index contributed by atoms with van der Waals surface area (Å²) < 4.78 is 31.3. The van der Waals surface area contributed by atoms with Gasteiger partial charge in [0.25, 0.3) is 0 Å². The lowest BCUT2D eigenvalue weighted by atomic mass is 10.2. The summed E-state index contributed by atoms with van der Waals surface area (Å²) in [6.45, 7) is 2.39. The van der Waals surface area contributed by atoms with E-state index in [4.69, 9.17) is 4.74 Å². The van der Waals surface area contributed by atoms with Gasteiger partial charge in [0.05, 0.1) is 12.4 Å². The van der Waals surface area contributed by atoms with Crippen LogP contribution in [0.15, 0.2) is 24.3 Å². The highest BCUT2D eigenvalue weighted by Crippen LogP contribution is 2.11. The van der Waals surface area contributed by atoms with E-state index in [1.54, 1.807) is 33.2 Å². The first kappa shape index (κ1) is 14.9. The average Bonchev–Trinajstić information content (AvgIpc) is 2.37. The lowest BCUT2D eigenvalue weighted by Gasteiger charge is -2.13. The Balaban J connectivity index is 2.58. The van der Waals surface area contributed by atoms with E-state index in [1.807, 2.05) is 12.1 Å². The molecular weight excluding hydrogens is 252 g/mol. The zero-order valence-corrected chi connectivity index (χ0v) is 11.8. The molecule has 0 spiro atoms. The maximum absolute atomic E-state index is 11.8. The van der Waals surface area contributed by atoms with Gasteiger partial charge in [-0.25, -0.2) is 13.1 Å². The fourth-order valence-electron chi connectivity index (χ4n) is 1.47. The van der Waals surface area contributed by atoms with Crippen LogP contribution in [0.1, 0.15) is 12.5 Å². The first-order chi connectivity index (χ1) is 8.49. The highest BCUT2D eigenvalue weighted by atomic mass is 32.2. The third-order valence-electron chi connectivity index (χ3n) is 2.66. The summed E-state index contributed by atoms with van der Waals surface area (Å²) in [7, 11) is 0.0460. The molecule has 2 N–H and O–H groups in total. The summed E-state index contributed by atoms with van der Waals surface area (Å²) in [5, 5.41) is 2.39. The van der Waals surface area contributed by atoms with Crippen molar-refractivity contribution in [3.05, 3.63) is 29.8 Å². The lowest BCUT2D eigenvalue weighted by Crippen LogP contribution is -2.37. The quantitative estimate of drug-likeness (QED) is 0.767. The molecule has 0 bridgehead atoms. The minimum absolute atomic E-state index is 0.292. The third-order valence-corrected chi connectivity index (χ3v) is 4.43. The van der Waals surface area contributed by atoms with Crippen LogP contribution in [-0.2, 0) is 16.6 Å². The van der Waals surface area contributed by atoms with E-state index < -0.39 is 15.3 Å². The van der Waals surface area contributed by atoms with Gasteiger partial charge in [-0.15, -0.1) is 0 Å². The number of benzene rings is 1. The summed E-state index contributed by atoms with van der Waals surface area (Å²) in [6, 6.07) is 7.29. The van der Waals surface area contributed by atoms with Gasteiger partial charge in [-0.2, -0.15) is 0 Å². The molecule has 102 valence electrons. The molecule has 1 atom stereocenters. The second kappa shape index (κ2) is 6.72.